The summed E-state index contributed by atoms with van der Waals surface area (Å²) in [6.07, 6.45) is 2.46. The van der Waals surface area contributed by atoms with Crippen LogP contribution in [0.25, 0.3) is 0 Å². The Balaban J connectivity index is 1.25. The Morgan fingerprint density at radius 1 is 1.19 bits per heavy atom. The first-order valence-corrected chi connectivity index (χ1v) is 8.86. The minimum Gasteiger partial charge on any atom is -0.488 e. The summed E-state index contributed by atoms with van der Waals surface area (Å²) in [6, 6.07) is 11.5. The van der Waals surface area contributed by atoms with Crippen molar-refractivity contribution in [3.8, 4) is 5.75 Å². The molecule has 2 aliphatic rings. The van der Waals surface area contributed by atoms with Crippen LogP contribution >= 0.6 is 0 Å². The average Bonchev–Trinajstić information content (AvgIpc) is 3.11. The van der Waals surface area contributed by atoms with Gasteiger partial charge in [-0.15, -0.1) is 0 Å². The summed E-state index contributed by atoms with van der Waals surface area (Å²) in [5.74, 6) is 1.80. The van der Waals surface area contributed by atoms with Crippen molar-refractivity contribution >= 4 is 17.5 Å². The normalized spacial score (nSPS) is 18.8. The highest BCUT2D eigenvalue weighted by molar-refractivity contribution is 5.89. The van der Waals surface area contributed by atoms with Gasteiger partial charge in [0.2, 0.25) is 0 Å². The number of pyridine rings is 1. The van der Waals surface area contributed by atoms with Crippen LogP contribution in [0.5, 0.6) is 5.75 Å². The number of hydrogen-bond acceptors (Lipinski definition) is 5. The zero-order valence-corrected chi connectivity index (χ0v) is 14.5. The largest absolute Gasteiger partial charge is 0.488 e. The van der Waals surface area contributed by atoms with E-state index in [-0.39, 0.29) is 12.1 Å². The maximum absolute atomic E-state index is 12.1. The summed E-state index contributed by atoms with van der Waals surface area (Å²) >= 11 is 0. The van der Waals surface area contributed by atoms with Crippen molar-refractivity contribution in [2.75, 3.05) is 43.1 Å². The van der Waals surface area contributed by atoms with Gasteiger partial charge < -0.3 is 25.0 Å². The lowest BCUT2D eigenvalue weighted by Gasteiger charge is -2.27. The standard InChI is InChI=1S/C19H22N4O3/c24-19(21-13-16-11-14-3-1-2-4-17(14)26-16)22-15-5-6-18(20-12-15)23-7-9-25-10-8-23/h1-6,12,16H,7-11,13H2,(H2,21,22,24)/t16-/m0/s1. The first-order chi connectivity index (χ1) is 12.8. The molecule has 136 valence electrons. The summed E-state index contributed by atoms with van der Waals surface area (Å²) < 4.78 is 11.2. The number of fused-ring (bicyclic) bond motifs is 1. The van der Waals surface area contributed by atoms with E-state index in [4.69, 9.17) is 9.47 Å². The molecule has 1 aromatic heterocycles. The lowest BCUT2D eigenvalue weighted by Crippen LogP contribution is -2.37. The molecule has 1 fully saturated rings. The van der Waals surface area contributed by atoms with Gasteiger partial charge in [0.25, 0.3) is 0 Å². The van der Waals surface area contributed by atoms with E-state index in [9.17, 15) is 4.79 Å². The topological polar surface area (TPSA) is 75.7 Å². The molecule has 0 unspecified atom stereocenters. The average molecular weight is 354 g/mol. The van der Waals surface area contributed by atoms with E-state index in [2.05, 4.69) is 26.6 Å². The van der Waals surface area contributed by atoms with E-state index < -0.39 is 0 Å². The molecule has 0 saturated carbocycles. The number of hydrogen-bond donors (Lipinski definition) is 2. The summed E-state index contributed by atoms with van der Waals surface area (Å²) in [5, 5.41) is 5.66. The van der Waals surface area contributed by atoms with Gasteiger partial charge in [-0.3, -0.25) is 0 Å². The van der Waals surface area contributed by atoms with Gasteiger partial charge in [0.1, 0.15) is 17.7 Å². The molecule has 4 rings (SSSR count). The van der Waals surface area contributed by atoms with Crippen LogP contribution in [0.1, 0.15) is 5.56 Å². The quantitative estimate of drug-likeness (QED) is 0.879. The number of nitrogens with zero attached hydrogens (tertiary/aromatic N) is 2. The highest BCUT2D eigenvalue weighted by Crippen LogP contribution is 2.27. The second-order valence-electron chi connectivity index (χ2n) is 6.39. The van der Waals surface area contributed by atoms with Crippen molar-refractivity contribution in [3.63, 3.8) is 0 Å². The molecule has 1 atom stereocenters. The molecule has 0 bridgehead atoms. The minimum atomic E-state index is -0.259. The van der Waals surface area contributed by atoms with E-state index in [1.807, 2.05) is 30.3 Å². The fourth-order valence-electron chi connectivity index (χ4n) is 3.19. The maximum atomic E-state index is 12.1. The van der Waals surface area contributed by atoms with Gasteiger partial charge >= 0.3 is 6.03 Å². The van der Waals surface area contributed by atoms with Gasteiger partial charge in [0.05, 0.1) is 31.6 Å². The molecule has 0 aliphatic carbocycles. The van der Waals surface area contributed by atoms with Crippen molar-refractivity contribution in [1.82, 2.24) is 10.3 Å². The first kappa shape index (κ1) is 16.7. The fraction of sp³-hybridized carbons (Fsp3) is 0.368. The van der Waals surface area contributed by atoms with Gasteiger partial charge in [-0.1, -0.05) is 18.2 Å². The van der Waals surface area contributed by atoms with E-state index in [1.165, 1.54) is 5.56 Å². The summed E-state index contributed by atoms with van der Waals surface area (Å²) in [5.41, 5.74) is 1.85. The highest BCUT2D eigenvalue weighted by Gasteiger charge is 2.22. The third kappa shape index (κ3) is 3.88. The molecule has 2 aliphatic heterocycles. The second-order valence-corrected chi connectivity index (χ2v) is 6.39. The van der Waals surface area contributed by atoms with Gasteiger partial charge in [0.15, 0.2) is 0 Å². The Hall–Kier alpha value is -2.80. The molecular formula is C19H22N4O3. The molecule has 7 nitrogen and oxygen atoms in total. The molecule has 0 radical (unpaired) electrons. The third-order valence-electron chi connectivity index (χ3n) is 4.54. The minimum absolute atomic E-state index is 0.0278. The molecule has 1 saturated heterocycles. The number of morpholine rings is 1. The van der Waals surface area contributed by atoms with Crippen LogP contribution in [0, 0.1) is 0 Å². The molecule has 2 N–H and O–H groups in total. The Labute approximate surface area is 152 Å². The summed E-state index contributed by atoms with van der Waals surface area (Å²) in [6.45, 7) is 3.57. The number of carbonyl (C=O) groups excluding carboxylic acids is 1. The van der Waals surface area contributed by atoms with E-state index >= 15 is 0 Å². The van der Waals surface area contributed by atoms with Crippen LogP contribution in [0.2, 0.25) is 0 Å². The number of rotatable bonds is 4. The Morgan fingerprint density at radius 2 is 2.04 bits per heavy atom. The van der Waals surface area contributed by atoms with Crippen molar-refractivity contribution in [2.24, 2.45) is 0 Å². The lowest BCUT2D eigenvalue weighted by atomic mass is 10.1. The number of anilines is 2. The molecule has 7 heteroatoms. The fourth-order valence-corrected chi connectivity index (χ4v) is 3.19. The Kier molecular flexibility index (Phi) is 4.88. The Bertz CT molecular complexity index is 735. The molecule has 0 spiro atoms. The molecular weight excluding hydrogens is 332 g/mol. The van der Waals surface area contributed by atoms with E-state index in [0.29, 0.717) is 12.2 Å². The number of aromatic nitrogens is 1. The lowest BCUT2D eigenvalue weighted by molar-refractivity contribution is 0.122. The predicted molar refractivity (Wildman–Crippen MR) is 98.9 cm³/mol. The van der Waals surface area contributed by atoms with Crippen molar-refractivity contribution in [2.45, 2.75) is 12.5 Å². The SMILES string of the molecule is O=C(NC[C@@H]1Cc2ccccc2O1)Nc1ccc(N2CCOCC2)nc1. The zero-order chi connectivity index (χ0) is 17.8. The predicted octanol–water partition coefficient (Wildman–Crippen LogP) is 2.04. The monoisotopic (exact) mass is 354 g/mol. The molecule has 2 aromatic rings. The number of ether oxygens (including phenoxy) is 2. The maximum Gasteiger partial charge on any atom is 0.319 e. The number of amides is 2. The molecule has 26 heavy (non-hydrogen) atoms. The van der Waals surface area contributed by atoms with Crippen LogP contribution in [-0.2, 0) is 11.2 Å². The van der Waals surface area contributed by atoms with Gasteiger partial charge in [-0.2, -0.15) is 0 Å². The number of urea groups is 1. The van der Waals surface area contributed by atoms with E-state index in [1.54, 1.807) is 6.20 Å². The zero-order valence-electron chi connectivity index (χ0n) is 14.5. The van der Waals surface area contributed by atoms with Crippen LogP contribution in [0.3, 0.4) is 0 Å². The van der Waals surface area contributed by atoms with Gasteiger partial charge in [-0.05, 0) is 23.8 Å². The van der Waals surface area contributed by atoms with Crippen molar-refractivity contribution in [1.29, 1.82) is 0 Å². The number of para-hydroxylation sites is 1. The highest BCUT2D eigenvalue weighted by atomic mass is 16.5. The van der Waals surface area contributed by atoms with Gasteiger partial charge in [-0.25, -0.2) is 9.78 Å². The molecule has 3 heterocycles. The van der Waals surface area contributed by atoms with Crippen LogP contribution < -0.4 is 20.3 Å². The van der Waals surface area contributed by atoms with Crippen LogP contribution in [0.4, 0.5) is 16.3 Å². The smallest absolute Gasteiger partial charge is 0.319 e. The molecule has 2 amide bonds. The van der Waals surface area contributed by atoms with Crippen LogP contribution in [-0.4, -0.2) is 50.0 Å². The number of carbonyl (C=O) groups is 1. The van der Waals surface area contributed by atoms with Crippen LogP contribution in [0.15, 0.2) is 42.6 Å². The number of nitrogens with one attached hydrogen (secondary N) is 2. The van der Waals surface area contributed by atoms with E-state index in [0.717, 1.165) is 44.3 Å². The first-order valence-electron chi connectivity index (χ1n) is 8.86. The Morgan fingerprint density at radius 3 is 2.81 bits per heavy atom. The summed E-state index contributed by atoms with van der Waals surface area (Å²) in [4.78, 5) is 18.7. The molecule has 1 aromatic carbocycles. The third-order valence-corrected chi connectivity index (χ3v) is 4.54. The second kappa shape index (κ2) is 7.61. The number of benzene rings is 1. The van der Waals surface area contributed by atoms with Crippen molar-refractivity contribution < 1.29 is 14.3 Å². The summed E-state index contributed by atoms with van der Waals surface area (Å²) in [7, 11) is 0. The van der Waals surface area contributed by atoms with Crippen molar-refractivity contribution in [3.05, 3.63) is 48.2 Å². The van der Waals surface area contributed by atoms with Gasteiger partial charge in [0, 0.05) is 19.5 Å².